The van der Waals surface area contributed by atoms with E-state index < -0.39 is 0 Å². The molecule has 1 aliphatic heterocycles. The van der Waals surface area contributed by atoms with Gasteiger partial charge in [0.25, 0.3) is 0 Å². The highest BCUT2D eigenvalue weighted by Gasteiger charge is 2.15. The second-order valence-corrected chi connectivity index (χ2v) is 7.28. The first-order valence-corrected chi connectivity index (χ1v) is 10.1. The average Bonchev–Trinajstić information content (AvgIpc) is 2.71. The third-order valence-corrected chi connectivity index (χ3v) is 4.61. The van der Waals surface area contributed by atoms with Gasteiger partial charge in [-0.05, 0) is 48.4 Å². The van der Waals surface area contributed by atoms with Gasteiger partial charge in [0, 0.05) is 42.2 Å². The Kier molecular flexibility index (Phi) is 8.61. The Hall–Kier alpha value is -2.93. The molecule has 8 N–H and O–H groups in total. The molecule has 8 heteroatoms. The van der Waals surface area contributed by atoms with Crippen molar-refractivity contribution >= 4 is 35.2 Å². The maximum Gasteiger partial charge on any atom is 0.117 e. The number of fused-ring (bicyclic) bond motifs is 1. The zero-order valence-electron chi connectivity index (χ0n) is 16.9. The number of hydrogen-bond acceptors (Lipinski definition) is 7. The third kappa shape index (κ3) is 6.57. The minimum Gasteiger partial charge on any atom is -0.404 e. The van der Waals surface area contributed by atoms with E-state index in [1.165, 1.54) is 6.20 Å². The van der Waals surface area contributed by atoms with Crippen molar-refractivity contribution in [3.05, 3.63) is 59.5 Å². The van der Waals surface area contributed by atoms with Gasteiger partial charge in [0.15, 0.2) is 0 Å². The van der Waals surface area contributed by atoms with E-state index in [1.54, 1.807) is 18.6 Å². The van der Waals surface area contributed by atoms with Crippen LogP contribution >= 0.6 is 11.6 Å². The van der Waals surface area contributed by atoms with E-state index in [1.807, 2.05) is 24.3 Å². The maximum atomic E-state index is 6.13. The Morgan fingerprint density at radius 2 is 2.17 bits per heavy atom. The molecular weight excluding hydrogens is 386 g/mol. The van der Waals surface area contributed by atoms with Crippen LogP contribution in [0.2, 0.25) is 0 Å². The quantitative estimate of drug-likeness (QED) is 0.182. The fourth-order valence-corrected chi connectivity index (χ4v) is 2.82. The van der Waals surface area contributed by atoms with Gasteiger partial charge in [-0.2, -0.15) is 0 Å². The van der Waals surface area contributed by atoms with Crippen molar-refractivity contribution in [3.63, 3.8) is 0 Å². The van der Waals surface area contributed by atoms with Gasteiger partial charge < -0.3 is 27.8 Å². The molecule has 7 nitrogen and oxygen atoms in total. The van der Waals surface area contributed by atoms with E-state index in [-0.39, 0.29) is 12.1 Å². The summed E-state index contributed by atoms with van der Waals surface area (Å²) in [5.74, 6) is 1.40. The summed E-state index contributed by atoms with van der Waals surface area (Å²) < 4.78 is 0. The van der Waals surface area contributed by atoms with Crippen LogP contribution in [0.15, 0.2) is 53.2 Å². The summed E-state index contributed by atoms with van der Waals surface area (Å²) in [6.07, 6.45) is 13.0. The van der Waals surface area contributed by atoms with Gasteiger partial charge in [0.1, 0.15) is 6.17 Å². The highest BCUT2D eigenvalue weighted by atomic mass is 35.5. The van der Waals surface area contributed by atoms with Crippen molar-refractivity contribution in [1.82, 2.24) is 10.3 Å². The molecule has 0 spiro atoms. The van der Waals surface area contributed by atoms with Crippen LogP contribution in [0.4, 0.5) is 5.69 Å². The second-order valence-electron chi connectivity index (χ2n) is 6.90. The Balaban J connectivity index is 2.12. The molecule has 156 valence electrons. The third-order valence-electron chi connectivity index (χ3n) is 4.34. The lowest BCUT2D eigenvalue weighted by Crippen LogP contribution is -2.38. The first-order chi connectivity index (χ1) is 14.0. The average molecular weight is 416 g/mol. The molecule has 0 radical (unpaired) electrons. The van der Waals surface area contributed by atoms with E-state index in [2.05, 4.69) is 34.5 Å². The Morgan fingerprint density at radius 3 is 2.83 bits per heavy atom. The van der Waals surface area contributed by atoms with Crippen LogP contribution in [-0.4, -0.2) is 29.8 Å². The molecule has 2 rings (SSSR count). The molecule has 1 aliphatic rings. The standard InChI is InChI=1S/C21H30ClN7/c1-14(2)15(10-23)9-20(25)29-21-5-4-18-19(28-21)8-16(13-27-18)17(11-24)12-26-7-3-6-22/h4-5,8-14,21,28-29H,3,6-7,23-25H2,1-2H3/b15-10+,17-11?,20-9+,26-12?. The van der Waals surface area contributed by atoms with Crippen LogP contribution in [0, 0.1) is 5.92 Å². The van der Waals surface area contributed by atoms with Crippen LogP contribution in [-0.2, 0) is 0 Å². The van der Waals surface area contributed by atoms with Crippen molar-refractivity contribution < 1.29 is 0 Å². The van der Waals surface area contributed by atoms with Gasteiger partial charge in [0.05, 0.1) is 17.2 Å². The number of halogens is 1. The van der Waals surface area contributed by atoms with Crippen molar-refractivity contribution in [1.29, 1.82) is 0 Å². The lowest BCUT2D eigenvalue weighted by atomic mass is 10.0. The molecule has 0 aliphatic carbocycles. The molecule has 0 bridgehead atoms. The van der Waals surface area contributed by atoms with E-state index in [0.717, 1.165) is 34.5 Å². The predicted octanol–water partition coefficient (Wildman–Crippen LogP) is 2.73. The molecule has 29 heavy (non-hydrogen) atoms. The van der Waals surface area contributed by atoms with Gasteiger partial charge in [-0.3, -0.25) is 9.98 Å². The fourth-order valence-electron chi connectivity index (χ4n) is 2.70. The van der Waals surface area contributed by atoms with Crippen molar-refractivity contribution in [2.24, 2.45) is 28.1 Å². The van der Waals surface area contributed by atoms with Crippen LogP contribution in [0.1, 0.15) is 31.5 Å². The molecule has 0 amide bonds. The van der Waals surface area contributed by atoms with Crippen LogP contribution in [0.3, 0.4) is 0 Å². The smallest absolute Gasteiger partial charge is 0.117 e. The minimum atomic E-state index is -0.176. The van der Waals surface area contributed by atoms with Gasteiger partial charge in [0.2, 0.25) is 0 Å². The predicted molar refractivity (Wildman–Crippen MR) is 124 cm³/mol. The molecule has 1 aromatic heterocycles. The topological polar surface area (TPSA) is 127 Å². The second kappa shape index (κ2) is 11.2. The van der Waals surface area contributed by atoms with E-state index >= 15 is 0 Å². The van der Waals surface area contributed by atoms with Crippen molar-refractivity contribution in [3.8, 4) is 0 Å². The normalized spacial score (nSPS) is 17.5. The molecule has 1 atom stereocenters. The fraction of sp³-hybridized carbons (Fsp3) is 0.333. The van der Waals surface area contributed by atoms with Crippen LogP contribution in [0.25, 0.3) is 11.6 Å². The largest absolute Gasteiger partial charge is 0.404 e. The monoisotopic (exact) mass is 415 g/mol. The number of rotatable bonds is 9. The minimum absolute atomic E-state index is 0.176. The Labute approximate surface area is 177 Å². The zero-order chi connectivity index (χ0) is 21.2. The molecule has 0 fully saturated rings. The van der Waals surface area contributed by atoms with Crippen molar-refractivity contribution in [2.75, 3.05) is 17.7 Å². The number of pyridine rings is 1. The number of aromatic nitrogens is 1. The maximum absolute atomic E-state index is 6.13. The zero-order valence-corrected chi connectivity index (χ0v) is 17.7. The van der Waals surface area contributed by atoms with Gasteiger partial charge in [-0.1, -0.05) is 13.8 Å². The lowest BCUT2D eigenvalue weighted by molar-refractivity contribution is 0.720. The van der Waals surface area contributed by atoms with Gasteiger partial charge in [-0.25, -0.2) is 0 Å². The lowest BCUT2D eigenvalue weighted by Gasteiger charge is -2.24. The summed E-state index contributed by atoms with van der Waals surface area (Å²) in [5, 5.41) is 6.61. The molecular formula is C21H30ClN7. The highest BCUT2D eigenvalue weighted by Crippen LogP contribution is 2.24. The molecule has 0 saturated heterocycles. The number of anilines is 1. The van der Waals surface area contributed by atoms with Crippen molar-refractivity contribution in [2.45, 2.75) is 26.4 Å². The summed E-state index contributed by atoms with van der Waals surface area (Å²) in [5.41, 5.74) is 21.9. The summed E-state index contributed by atoms with van der Waals surface area (Å²) in [7, 11) is 0. The molecule has 0 aromatic carbocycles. The SMILES string of the molecule is CC(C)C(=C/N)/C=C(\N)NC1C=Cc2ncc(C(C=NCCCCl)=CN)cc2N1. The molecule has 0 saturated carbocycles. The van der Waals surface area contributed by atoms with Crippen LogP contribution in [0.5, 0.6) is 0 Å². The number of allylic oxidation sites excluding steroid dienone is 3. The number of nitrogens with one attached hydrogen (secondary N) is 2. The first-order valence-electron chi connectivity index (χ1n) is 9.56. The summed E-state index contributed by atoms with van der Waals surface area (Å²) in [6.45, 7) is 4.78. The Bertz CT molecular complexity index is 837. The van der Waals surface area contributed by atoms with E-state index in [0.29, 0.717) is 18.2 Å². The molecule has 1 unspecified atom stereocenters. The number of aliphatic imine (C=N–C) groups is 1. The summed E-state index contributed by atoms with van der Waals surface area (Å²) in [6, 6.07) is 1.99. The first kappa shape index (κ1) is 22.4. The molecule has 2 heterocycles. The van der Waals surface area contributed by atoms with E-state index in [9.17, 15) is 0 Å². The summed E-state index contributed by atoms with van der Waals surface area (Å²) >= 11 is 5.68. The number of nitrogens with two attached hydrogens (primary N) is 3. The number of alkyl halides is 1. The summed E-state index contributed by atoms with van der Waals surface area (Å²) in [4.78, 5) is 8.86. The van der Waals surface area contributed by atoms with E-state index in [4.69, 9.17) is 28.8 Å². The number of hydrogen-bond donors (Lipinski definition) is 5. The van der Waals surface area contributed by atoms with Gasteiger partial charge in [-0.15, -0.1) is 11.6 Å². The highest BCUT2D eigenvalue weighted by molar-refractivity contribution is 6.17. The number of nitrogens with zero attached hydrogens (tertiary/aromatic N) is 2. The van der Waals surface area contributed by atoms with Crippen LogP contribution < -0.4 is 27.8 Å². The van der Waals surface area contributed by atoms with Gasteiger partial charge >= 0.3 is 0 Å². The molecule has 1 aromatic rings. The Morgan fingerprint density at radius 1 is 1.38 bits per heavy atom.